The van der Waals surface area contributed by atoms with Gasteiger partial charge in [0.2, 0.25) is 5.75 Å². The predicted octanol–water partition coefficient (Wildman–Crippen LogP) is 2.17. The second-order valence-electron chi connectivity index (χ2n) is 4.39. The van der Waals surface area contributed by atoms with E-state index in [-0.39, 0.29) is 5.82 Å². The van der Waals surface area contributed by atoms with Gasteiger partial charge >= 0.3 is 0 Å². The maximum Gasteiger partial charge on any atom is 0.203 e. The number of nitrogens with two attached hydrogens (primary N) is 1. The number of methoxy groups -OCH3 is 1. The molecule has 0 atom stereocenters. The lowest BCUT2D eigenvalue weighted by molar-refractivity contribution is 0.415. The Labute approximate surface area is 117 Å². The molecule has 5 nitrogen and oxygen atoms in total. The van der Waals surface area contributed by atoms with Gasteiger partial charge in [0.25, 0.3) is 0 Å². The summed E-state index contributed by atoms with van der Waals surface area (Å²) < 4.78 is 18.2. The molecule has 0 fully saturated rings. The first-order valence-corrected chi connectivity index (χ1v) is 6.25. The van der Waals surface area contributed by atoms with Crippen LogP contribution in [0.25, 0.3) is 0 Å². The number of rotatable bonds is 5. The molecule has 0 spiro atoms. The number of hydrogen-bond acceptors (Lipinski definition) is 5. The van der Waals surface area contributed by atoms with Gasteiger partial charge in [0, 0.05) is 6.54 Å². The molecule has 0 saturated heterocycles. The highest BCUT2D eigenvalue weighted by Gasteiger charge is 2.09. The first kappa shape index (κ1) is 14.0. The fourth-order valence-corrected chi connectivity index (χ4v) is 1.97. The highest BCUT2D eigenvalue weighted by Crippen LogP contribution is 2.26. The van der Waals surface area contributed by atoms with Gasteiger partial charge < -0.3 is 15.8 Å². The largest absolute Gasteiger partial charge is 0.490 e. The Morgan fingerprint density at radius 1 is 1.35 bits per heavy atom. The number of nitrogens with one attached hydrogen (secondary N) is 1. The normalized spacial score (nSPS) is 10.3. The van der Waals surface area contributed by atoms with Crippen molar-refractivity contribution in [3.05, 3.63) is 41.5 Å². The minimum atomic E-state index is -0.218. The Morgan fingerprint density at radius 2 is 2.15 bits per heavy atom. The van der Waals surface area contributed by atoms with Gasteiger partial charge in [-0.3, -0.25) is 0 Å². The molecular formula is C14H17FN4O. The summed E-state index contributed by atoms with van der Waals surface area (Å²) in [7, 11) is 1.52. The second-order valence-corrected chi connectivity index (χ2v) is 4.39. The molecule has 6 heteroatoms. The van der Waals surface area contributed by atoms with Crippen LogP contribution < -0.4 is 15.8 Å². The van der Waals surface area contributed by atoms with E-state index in [9.17, 15) is 4.39 Å². The second kappa shape index (κ2) is 6.18. The lowest BCUT2D eigenvalue weighted by atomic mass is 10.1. The average Bonchev–Trinajstić information content (AvgIpc) is 2.41. The number of nitrogen functional groups attached to an aromatic ring is 1. The Kier molecular flexibility index (Phi) is 4.34. The van der Waals surface area contributed by atoms with Gasteiger partial charge in [0.05, 0.1) is 7.11 Å². The van der Waals surface area contributed by atoms with E-state index in [1.54, 1.807) is 6.07 Å². The number of ether oxygens (including phenoxy) is 1. The predicted molar refractivity (Wildman–Crippen MR) is 76.3 cm³/mol. The van der Waals surface area contributed by atoms with Crippen LogP contribution in [-0.4, -0.2) is 23.6 Å². The third-order valence-corrected chi connectivity index (χ3v) is 3.03. The lowest BCUT2D eigenvalue weighted by Gasteiger charge is -2.11. The molecule has 0 aliphatic rings. The third kappa shape index (κ3) is 3.14. The smallest absolute Gasteiger partial charge is 0.203 e. The van der Waals surface area contributed by atoms with E-state index in [0.29, 0.717) is 23.9 Å². The maximum absolute atomic E-state index is 13.0. The Morgan fingerprint density at radius 3 is 2.85 bits per heavy atom. The Balaban J connectivity index is 2.01. The highest BCUT2D eigenvalue weighted by atomic mass is 19.1. The van der Waals surface area contributed by atoms with Crippen LogP contribution >= 0.6 is 0 Å². The quantitative estimate of drug-likeness (QED) is 0.875. The van der Waals surface area contributed by atoms with Crippen LogP contribution in [0.2, 0.25) is 0 Å². The summed E-state index contributed by atoms with van der Waals surface area (Å²) in [6, 6.07) is 4.78. The minimum absolute atomic E-state index is 0.218. The molecule has 0 amide bonds. The molecule has 106 valence electrons. The molecule has 2 aromatic rings. The van der Waals surface area contributed by atoms with E-state index >= 15 is 0 Å². The topological polar surface area (TPSA) is 73.1 Å². The molecule has 3 N–H and O–H groups in total. The van der Waals surface area contributed by atoms with Crippen LogP contribution in [0.4, 0.5) is 16.0 Å². The first-order valence-electron chi connectivity index (χ1n) is 6.25. The van der Waals surface area contributed by atoms with Gasteiger partial charge in [0.1, 0.15) is 12.1 Å². The SMILES string of the molecule is COc1c(N)ncnc1NCCc1ccc(F)cc1C. The van der Waals surface area contributed by atoms with E-state index in [0.717, 1.165) is 17.5 Å². The fourth-order valence-electron chi connectivity index (χ4n) is 1.97. The summed E-state index contributed by atoms with van der Waals surface area (Å²) in [5, 5.41) is 3.15. The van der Waals surface area contributed by atoms with Crippen molar-refractivity contribution >= 4 is 11.6 Å². The standard InChI is InChI=1S/C14H17FN4O/c1-9-7-11(15)4-3-10(9)5-6-17-14-12(20-2)13(16)18-8-19-14/h3-4,7-8H,5-6H2,1-2H3,(H3,16,17,18,19). The molecule has 0 radical (unpaired) electrons. The maximum atomic E-state index is 13.0. The molecule has 2 rings (SSSR count). The van der Waals surface area contributed by atoms with Crippen molar-refractivity contribution in [3.63, 3.8) is 0 Å². The molecule has 0 aliphatic carbocycles. The average molecular weight is 276 g/mol. The van der Waals surface area contributed by atoms with Gasteiger partial charge in [-0.05, 0) is 36.6 Å². The molecule has 1 aromatic heterocycles. The first-order chi connectivity index (χ1) is 9.61. The fraction of sp³-hybridized carbons (Fsp3) is 0.286. The van der Waals surface area contributed by atoms with E-state index in [1.807, 2.05) is 6.92 Å². The zero-order chi connectivity index (χ0) is 14.5. The molecule has 0 aliphatic heterocycles. The van der Waals surface area contributed by atoms with E-state index < -0.39 is 0 Å². The summed E-state index contributed by atoms with van der Waals surface area (Å²) in [5.41, 5.74) is 7.71. The van der Waals surface area contributed by atoms with Crippen LogP contribution in [0.5, 0.6) is 5.75 Å². The van der Waals surface area contributed by atoms with Crippen LogP contribution in [-0.2, 0) is 6.42 Å². The van der Waals surface area contributed by atoms with Crippen molar-refractivity contribution in [1.82, 2.24) is 9.97 Å². The number of anilines is 2. The van der Waals surface area contributed by atoms with Crippen molar-refractivity contribution in [1.29, 1.82) is 0 Å². The van der Waals surface area contributed by atoms with Crippen molar-refractivity contribution < 1.29 is 9.13 Å². The molecule has 0 saturated carbocycles. The zero-order valence-corrected chi connectivity index (χ0v) is 11.5. The monoisotopic (exact) mass is 276 g/mol. The third-order valence-electron chi connectivity index (χ3n) is 3.03. The molecule has 1 heterocycles. The van der Waals surface area contributed by atoms with Gasteiger partial charge in [-0.1, -0.05) is 6.07 Å². The number of benzene rings is 1. The number of nitrogens with zero attached hydrogens (tertiary/aromatic N) is 2. The zero-order valence-electron chi connectivity index (χ0n) is 11.5. The lowest BCUT2D eigenvalue weighted by Crippen LogP contribution is -2.10. The summed E-state index contributed by atoms with van der Waals surface area (Å²) in [5.74, 6) is 1.07. The van der Waals surface area contributed by atoms with E-state index in [4.69, 9.17) is 10.5 Å². The van der Waals surface area contributed by atoms with Crippen molar-refractivity contribution in [3.8, 4) is 5.75 Å². The van der Waals surface area contributed by atoms with Gasteiger partial charge in [-0.15, -0.1) is 0 Å². The molecule has 0 unspecified atom stereocenters. The molecule has 20 heavy (non-hydrogen) atoms. The van der Waals surface area contributed by atoms with Gasteiger partial charge in [-0.25, -0.2) is 14.4 Å². The Bertz CT molecular complexity index is 604. The minimum Gasteiger partial charge on any atom is -0.490 e. The highest BCUT2D eigenvalue weighted by molar-refractivity contribution is 5.61. The molecule has 1 aromatic carbocycles. The number of hydrogen-bond donors (Lipinski definition) is 2. The number of aromatic nitrogens is 2. The Hall–Kier alpha value is -2.37. The van der Waals surface area contributed by atoms with Crippen molar-refractivity contribution in [2.45, 2.75) is 13.3 Å². The van der Waals surface area contributed by atoms with Gasteiger partial charge in [0.15, 0.2) is 11.6 Å². The van der Waals surface area contributed by atoms with Crippen LogP contribution in [0.15, 0.2) is 24.5 Å². The number of aryl methyl sites for hydroxylation is 1. The van der Waals surface area contributed by atoms with E-state index in [1.165, 1.54) is 25.6 Å². The summed E-state index contributed by atoms with van der Waals surface area (Å²) in [4.78, 5) is 7.95. The van der Waals surface area contributed by atoms with Gasteiger partial charge in [-0.2, -0.15) is 0 Å². The van der Waals surface area contributed by atoms with Crippen molar-refractivity contribution in [2.24, 2.45) is 0 Å². The summed E-state index contributed by atoms with van der Waals surface area (Å²) >= 11 is 0. The van der Waals surface area contributed by atoms with Crippen LogP contribution in [0.1, 0.15) is 11.1 Å². The molecule has 0 bridgehead atoms. The van der Waals surface area contributed by atoms with Crippen LogP contribution in [0.3, 0.4) is 0 Å². The molecular weight excluding hydrogens is 259 g/mol. The van der Waals surface area contributed by atoms with E-state index in [2.05, 4.69) is 15.3 Å². The van der Waals surface area contributed by atoms with Crippen molar-refractivity contribution in [2.75, 3.05) is 24.7 Å². The summed E-state index contributed by atoms with van der Waals surface area (Å²) in [6.45, 7) is 2.53. The number of halogens is 1. The van der Waals surface area contributed by atoms with Crippen LogP contribution in [0, 0.1) is 12.7 Å². The summed E-state index contributed by atoms with van der Waals surface area (Å²) in [6.07, 6.45) is 2.13.